The second-order valence-corrected chi connectivity index (χ2v) is 8.44. The van der Waals surface area contributed by atoms with Crippen LogP contribution in [0.1, 0.15) is 92.9 Å². The lowest BCUT2D eigenvalue weighted by Gasteiger charge is -2.03. The number of allylic oxidation sites excluding steroid dienone is 10. The molecular weight excluding hydrogens is 380 g/mol. The molecule has 0 atom stereocenters. The molecule has 26 heavy (non-hydrogen) atoms. The van der Waals surface area contributed by atoms with Gasteiger partial charge in [0, 0.05) is 5.33 Å². The molecule has 0 spiro atoms. The number of hydrogen-bond acceptors (Lipinski definition) is 0. The van der Waals surface area contributed by atoms with Gasteiger partial charge in [0.05, 0.1) is 0 Å². The molecule has 0 heterocycles. The van der Waals surface area contributed by atoms with Crippen molar-refractivity contribution in [1.82, 2.24) is 0 Å². The molecule has 0 radical (unpaired) electrons. The zero-order valence-corrected chi connectivity index (χ0v) is 19.7. The van der Waals surface area contributed by atoms with Gasteiger partial charge in [-0.25, -0.2) is 0 Å². The van der Waals surface area contributed by atoms with Crippen LogP contribution >= 0.6 is 15.9 Å². The van der Waals surface area contributed by atoms with Crippen LogP contribution < -0.4 is 0 Å². The Kier molecular flexibility index (Phi) is 15.8. The van der Waals surface area contributed by atoms with Crippen molar-refractivity contribution in [3.63, 3.8) is 0 Å². The van der Waals surface area contributed by atoms with Crippen LogP contribution in [0.15, 0.2) is 58.2 Å². The number of alkyl halides is 1. The van der Waals surface area contributed by atoms with Gasteiger partial charge in [0.15, 0.2) is 0 Å². The molecule has 1 heteroatoms. The summed E-state index contributed by atoms with van der Waals surface area (Å²) in [5, 5.41) is 0.968. The molecule has 0 aromatic heterocycles. The highest BCUT2D eigenvalue weighted by molar-refractivity contribution is 9.09. The lowest BCUT2D eigenvalue weighted by Crippen LogP contribution is -1.83. The molecule has 0 saturated heterocycles. The largest absolute Gasteiger partial charge is 0.0883 e. The summed E-state index contributed by atoms with van der Waals surface area (Å²) >= 11 is 3.46. The van der Waals surface area contributed by atoms with E-state index in [0.717, 1.165) is 5.33 Å². The maximum atomic E-state index is 3.46. The van der Waals surface area contributed by atoms with Crippen molar-refractivity contribution in [1.29, 1.82) is 0 Å². The Morgan fingerprint density at radius 2 is 0.808 bits per heavy atom. The van der Waals surface area contributed by atoms with Crippen LogP contribution in [-0.2, 0) is 0 Å². The van der Waals surface area contributed by atoms with E-state index in [0.29, 0.717) is 0 Å². The fourth-order valence-corrected chi connectivity index (χ4v) is 3.32. The van der Waals surface area contributed by atoms with Crippen molar-refractivity contribution in [2.45, 2.75) is 92.9 Å². The third-order valence-electron chi connectivity index (χ3n) is 4.61. The molecule has 0 aromatic rings. The van der Waals surface area contributed by atoms with Gasteiger partial charge in [-0.05, 0) is 92.9 Å². The van der Waals surface area contributed by atoms with Gasteiger partial charge in [0.1, 0.15) is 0 Å². The van der Waals surface area contributed by atoms with E-state index in [1.165, 1.54) is 79.2 Å². The van der Waals surface area contributed by atoms with E-state index < -0.39 is 0 Å². The summed E-state index contributed by atoms with van der Waals surface area (Å²) in [7, 11) is 0. The van der Waals surface area contributed by atoms with Crippen molar-refractivity contribution in [2.75, 3.05) is 5.33 Å². The van der Waals surface area contributed by atoms with Crippen LogP contribution in [0, 0.1) is 0 Å². The average molecular weight is 422 g/mol. The molecule has 0 saturated carbocycles. The van der Waals surface area contributed by atoms with Crippen molar-refractivity contribution in [3.05, 3.63) is 58.2 Å². The highest BCUT2D eigenvalue weighted by Gasteiger charge is 1.94. The Hall–Kier alpha value is -0.820. The van der Waals surface area contributed by atoms with E-state index in [-0.39, 0.29) is 0 Å². The normalized spacial score (nSPS) is 14.0. The minimum atomic E-state index is 0.968. The third kappa shape index (κ3) is 16.6. The first-order valence-electron chi connectivity index (χ1n) is 10.2. The first-order valence-corrected chi connectivity index (χ1v) is 11.3. The highest BCUT2D eigenvalue weighted by atomic mass is 79.9. The SMILES string of the molecule is CC(C)=CCC/C(C)=C/CCC(C)=CCCC(C)=CCCC(C)=CCBr. The lowest BCUT2D eigenvalue weighted by molar-refractivity contribution is 0.891. The van der Waals surface area contributed by atoms with Gasteiger partial charge in [-0.3, -0.25) is 0 Å². The molecule has 0 aromatic carbocycles. The highest BCUT2D eigenvalue weighted by Crippen LogP contribution is 2.14. The number of halogens is 1. The quantitative estimate of drug-likeness (QED) is 0.205. The number of rotatable bonds is 13. The lowest BCUT2D eigenvalue weighted by atomic mass is 10.0. The predicted octanol–water partition coefficient (Wildman–Crippen LogP) is 9.25. The van der Waals surface area contributed by atoms with Gasteiger partial charge in [-0.15, -0.1) is 0 Å². The predicted molar refractivity (Wildman–Crippen MR) is 125 cm³/mol. The Morgan fingerprint density at radius 3 is 1.12 bits per heavy atom. The molecule has 0 nitrogen and oxygen atoms in total. The van der Waals surface area contributed by atoms with Crippen molar-refractivity contribution < 1.29 is 0 Å². The molecule has 0 N–H and O–H groups in total. The van der Waals surface area contributed by atoms with Gasteiger partial charge >= 0.3 is 0 Å². The first kappa shape index (κ1) is 25.2. The van der Waals surface area contributed by atoms with Gasteiger partial charge in [-0.2, -0.15) is 0 Å². The van der Waals surface area contributed by atoms with Crippen LogP contribution in [-0.4, -0.2) is 5.33 Å². The van der Waals surface area contributed by atoms with E-state index in [2.05, 4.69) is 87.9 Å². The molecule has 0 amide bonds. The van der Waals surface area contributed by atoms with Gasteiger partial charge in [0.2, 0.25) is 0 Å². The van der Waals surface area contributed by atoms with Crippen LogP contribution in [0.25, 0.3) is 0 Å². The van der Waals surface area contributed by atoms with E-state index in [1.807, 2.05) is 0 Å². The summed E-state index contributed by atoms with van der Waals surface area (Å²) < 4.78 is 0. The van der Waals surface area contributed by atoms with Crippen LogP contribution in [0.5, 0.6) is 0 Å². The molecule has 148 valence electrons. The maximum Gasteiger partial charge on any atom is 0.0214 e. The summed E-state index contributed by atoms with van der Waals surface area (Å²) in [5.74, 6) is 0. The Bertz CT molecular complexity index is 522. The van der Waals surface area contributed by atoms with Crippen molar-refractivity contribution in [2.24, 2.45) is 0 Å². The van der Waals surface area contributed by atoms with Crippen LogP contribution in [0.4, 0.5) is 0 Å². The maximum absolute atomic E-state index is 3.46. The van der Waals surface area contributed by atoms with E-state index in [9.17, 15) is 0 Å². The molecule has 0 aliphatic carbocycles. The monoisotopic (exact) mass is 420 g/mol. The summed E-state index contributed by atoms with van der Waals surface area (Å²) in [6.07, 6.45) is 21.3. The van der Waals surface area contributed by atoms with E-state index in [1.54, 1.807) is 0 Å². The molecule has 0 aliphatic heterocycles. The fourth-order valence-electron chi connectivity index (χ4n) is 2.77. The minimum absolute atomic E-state index is 0.968. The summed E-state index contributed by atoms with van der Waals surface area (Å²) in [5.41, 5.74) is 7.48. The Balaban J connectivity index is 4.03. The first-order chi connectivity index (χ1) is 12.3. The summed E-state index contributed by atoms with van der Waals surface area (Å²) in [6.45, 7) is 13.4. The zero-order chi connectivity index (χ0) is 19.8. The Morgan fingerprint density at radius 1 is 0.500 bits per heavy atom. The average Bonchev–Trinajstić information content (AvgIpc) is 2.54. The van der Waals surface area contributed by atoms with Crippen molar-refractivity contribution >= 4 is 15.9 Å². The smallest absolute Gasteiger partial charge is 0.0214 e. The van der Waals surface area contributed by atoms with E-state index >= 15 is 0 Å². The molecule has 0 aliphatic rings. The van der Waals surface area contributed by atoms with Gasteiger partial charge in [0.25, 0.3) is 0 Å². The van der Waals surface area contributed by atoms with Crippen molar-refractivity contribution in [3.8, 4) is 0 Å². The fraction of sp³-hybridized carbons (Fsp3) is 0.600. The molecular formula is C25H41Br. The minimum Gasteiger partial charge on any atom is -0.0883 e. The second-order valence-electron chi connectivity index (χ2n) is 7.79. The molecule has 0 bridgehead atoms. The van der Waals surface area contributed by atoms with Crippen LogP contribution in [0.3, 0.4) is 0 Å². The van der Waals surface area contributed by atoms with E-state index in [4.69, 9.17) is 0 Å². The van der Waals surface area contributed by atoms with Gasteiger partial charge in [-0.1, -0.05) is 74.2 Å². The standard InChI is InChI=1S/C25H41Br/c1-21(2)11-7-12-22(3)13-8-14-23(4)15-9-16-24(5)17-10-18-25(6)19-20-26/h11,13,15,17,19H,7-10,12,14,16,18,20H2,1-6H3/b22-13+,23-15?,24-17?,25-19?. The molecule has 0 unspecified atom stereocenters. The van der Waals surface area contributed by atoms with Gasteiger partial charge < -0.3 is 0 Å². The second kappa shape index (κ2) is 16.4. The summed E-state index contributed by atoms with van der Waals surface area (Å²) in [6, 6.07) is 0. The summed E-state index contributed by atoms with van der Waals surface area (Å²) in [4.78, 5) is 0. The van der Waals surface area contributed by atoms with Crippen LogP contribution in [0.2, 0.25) is 0 Å². The topological polar surface area (TPSA) is 0 Å². The molecule has 0 fully saturated rings. The molecule has 0 rings (SSSR count). The third-order valence-corrected chi connectivity index (χ3v) is 4.94. The Labute approximate surface area is 172 Å². The number of hydrogen-bond donors (Lipinski definition) is 0. The zero-order valence-electron chi connectivity index (χ0n) is 18.1.